The van der Waals surface area contributed by atoms with E-state index in [1.165, 1.54) is 25.7 Å². The van der Waals surface area contributed by atoms with Crippen molar-refractivity contribution in [1.29, 1.82) is 0 Å². The highest BCUT2D eigenvalue weighted by atomic mass is 16.1. The molecule has 0 amide bonds. The molecule has 1 aliphatic heterocycles. The summed E-state index contributed by atoms with van der Waals surface area (Å²) in [7, 11) is 0. The van der Waals surface area contributed by atoms with Crippen molar-refractivity contribution in [2.24, 2.45) is 5.92 Å². The molecule has 1 saturated heterocycles. The van der Waals surface area contributed by atoms with Crippen LogP contribution in [-0.4, -0.2) is 28.1 Å². The predicted molar refractivity (Wildman–Crippen MR) is 83.1 cm³/mol. The first kappa shape index (κ1) is 14.5. The average Bonchev–Trinajstić information content (AvgIpc) is 3.03. The van der Waals surface area contributed by atoms with E-state index in [0.717, 1.165) is 12.1 Å². The Morgan fingerprint density at radius 3 is 2.57 bits per heavy atom. The zero-order valence-electron chi connectivity index (χ0n) is 12.8. The second-order valence-corrected chi connectivity index (χ2v) is 6.45. The lowest BCUT2D eigenvalue weighted by Gasteiger charge is -2.18. The van der Waals surface area contributed by atoms with Crippen molar-refractivity contribution in [3.05, 3.63) is 22.1 Å². The van der Waals surface area contributed by atoms with Crippen molar-refractivity contribution >= 4 is 5.95 Å². The molecule has 1 aromatic rings. The average molecular weight is 291 g/mol. The Morgan fingerprint density at radius 1 is 1.24 bits per heavy atom. The smallest absolute Gasteiger partial charge is 0.252 e. The van der Waals surface area contributed by atoms with Crippen LogP contribution in [0.25, 0.3) is 0 Å². The SMILES string of the molecule is CC1NNC(C)C1Cc1cc(=O)[nH]c(NC2CCCC2)n1. The van der Waals surface area contributed by atoms with E-state index in [-0.39, 0.29) is 5.56 Å². The number of nitrogens with zero attached hydrogens (tertiary/aromatic N) is 1. The molecular formula is C15H25N5O. The molecular weight excluding hydrogens is 266 g/mol. The second-order valence-electron chi connectivity index (χ2n) is 6.45. The number of anilines is 1. The van der Waals surface area contributed by atoms with Gasteiger partial charge in [-0.15, -0.1) is 0 Å². The summed E-state index contributed by atoms with van der Waals surface area (Å²) in [5.41, 5.74) is 7.30. The van der Waals surface area contributed by atoms with Gasteiger partial charge < -0.3 is 5.32 Å². The number of aromatic amines is 1. The number of hydrogen-bond donors (Lipinski definition) is 4. The molecule has 6 nitrogen and oxygen atoms in total. The van der Waals surface area contributed by atoms with Gasteiger partial charge in [0, 0.05) is 24.2 Å². The first-order chi connectivity index (χ1) is 10.1. The van der Waals surface area contributed by atoms with E-state index in [0.29, 0.717) is 30.0 Å². The van der Waals surface area contributed by atoms with Crippen LogP contribution in [0.3, 0.4) is 0 Å². The number of aromatic nitrogens is 2. The standard InChI is InChI=1S/C15H25N5O/c1-9-13(10(2)20-19-9)7-12-8-14(21)18-15(17-12)16-11-5-3-4-6-11/h8-11,13,19-20H,3-7H2,1-2H3,(H2,16,17,18,21). The maximum Gasteiger partial charge on any atom is 0.252 e. The van der Waals surface area contributed by atoms with Crippen LogP contribution in [0.1, 0.15) is 45.2 Å². The van der Waals surface area contributed by atoms with Crippen molar-refractivity contribution < 1.29 is 0 Å². The Morgan fingerprint density at radius 2 is 1.90 bits per heavy atom. The highest BCUT2D eigenvalue weighted by Gasteiger charge is 2.30. The molecule has 1 aliphatic carbocycles. The fourth-order valence-electron chi connectivity index (χ4n) is 3.45. The summed E-state index contributed by atoms with van der Waals surface area (Å²) in [6.07, 6.45) is 5.66. The highest BCUT2D eigenvalue weighted by molar-refractivity contribution is 5.27. The molecule has 1 saturated carbocycles. The molecule has 1 aromatic heterocycles. The number of nitrogens with one attached hydrogen (secondary N) is 4. The Bertz CT molecular complexity index is 527. The van der Waals surface area contributed by atoms with Gasteiger partial charge in [0.1, 0.15) is 0 Å². The summed E-state index contributed by atoms with van der Waals surface area (Å²) in [5.74, 6) is 1.07. The molecule has 2 aliphatic rings. The lowest BCUT2D eigenvalue weighted by Crippen LogP contribution is -2.30. The fourth-order valence-corrected chi connectivity index (χ4v) is 3.45. The van der Waals surface area contributed by atoms with Gasteiger partial charge in [-0.1, -0.05) is 12.8 Å². The topological polar surface area (TPSA) is 81.8 Å². The highest BCUT2D eigenvalue weighted by Crippen LogP contribution is 2.21. The van der Waals surface area contributed by atoms with Gasteiger partial charge in [0.2, 0.25) is 5.95 Å². The van der Waals surface area contributed by atoms with Crippen LogP contribution in [0.5, 0.6) is 0 Å². The minimum atomic E-state index is -0.0697. The fraction of sp³-hybridized carbons (Fsp3) is 0.733. The van der Waals surface area contributed by atoms with Crippen molar-refractivity contribution in [3.8, 4) is 0 Å². The quantitative estimate of drug-likeness (QED) is 0.669. The lowest BCUT2D eigenvalue weighted by atomic mass is 9.91. The largest absolute Gasteiger partial charge is 0.353 e. The van der Waals surface area contributed by atoms with E-state index in [2.05, 4.69) is 40.0 Å². The third-order valence-corrected chi connectivity index (χ3v) is 4.76. The van der Waals surface area contributed by atoms with Crippen LogP contribution in [0.2, 0.25) is 0 Å². The Kier molecular flexibility index (Phi) is 4.26. The van der Waals surface area contributed by atoms with E-state index in [1.807, 2.05) is 0 Å². The number of hydrazine groups is 1. The molecule has 6 heteroatoms. The van der Waals surface area contributed by atoms with E-state index in [9.17, 15) is 4.79 Å². The molecule has 2 atom stereocenters. The van der Waals surface area contributed by atoms with Crippen LogP contribution in [0, 0.1) is 5.92 Å². The summed E-state index contributed by atoms with van der Waals surface area (Å²) < 4.78 is 0. The second kappa shape index (κ2) is 6.15. The van der Waals surface area contributed by atoms with Crippen LogP contribution in [-0.2, 0) is 6.42 Å². The molecule has 3 rings (SSSR count). The van der Waals surface area contributed by atoms with E-state index in [4.69, 9.17) is 0 Å². The monoisotopic (exact) mass is 291 g/mol. The lowest BCUT2D eigenvalue weighted by molar-refractivity contribution is 0.437. The van der Waals surface area contributed by atoms with Crippen molar-refractivity contribution in [3.63, 3.8) is 0 Å². The van der Waals surface area contributed by atoms with Gasteiger partial charge >= 0.3 is 0 Å². The molecule has 4 N–H and O–H groups in total. The van der Waals surface area contributed by atoms with Gasteiger partial charge in [0.15, 0.2) is 0 Å². The van der Waals surface area contributed by atoms with Crippen molar-refractivity contribution in [2.45, 2.75) is 64.1 Å². The summed E-state index contributed by atoms with van der Waals surface area (Å²) >= 11 is 0. The van der Waals surface area contributed by atoms with Gasteiger partial charge in [-0.3, -0.25) is 20.6 Å². The summed E-state index contributed by atoms with van der Waals surface area (Å²) in [6.45, 7) is 4.32. The van der Waals surface area contributed by atoms with Crippen molar-refractivity contribution in [1.82, 2.24) is 20.8 Å². The van der Waals surface area contributed by atoms with Crippen LogP contribution in [0.4, 0.5) is 5.95 Å². The van der Waals surface area contributed by atoms with Crippen LogP contribution < -0.4 is 21.7 Å². The van der Waals surface area contributed by atoms with Gasteiger partial charge in [-0.25, -0.2) is 4.98 Å². The van der Waals surface area contributed by atoms with Crippen LogP contribution >= 0.6 is 0 Å². The van der Waals surface area contributed by atoms with E-state index < -0.39 is 0 Å². The predicted octanol–water partition coefficient (Wildman–Crippen LogP) is 1.17. The minimum absolute atomic E-state index is 0.0697. The summed E-state index contributed by atoms with van der Waals surface area (Å²) in [4.78, 5) is 19.3. The Labute approximate surface area is 125 Å². The molecule has 2 unspecified atom stereocenters. The molecule has 0 bridgehead atoms. The van der Waals surface area contributed by atoms with E-state index in [1.54, 1.807) is 6.07 Å². The molecule has 2 fully saturated rings. The molecule has 2 heterocycles. The molecule has 0 radical (unpaired) electrons. The third-order valence-electron chi connectivity index (χ3n) is 4.76. The Balaban J connectivity index is 1.72. The van der Waals surface area contributed by atoms with E-state index >= 15 is 0 Å². The van der Waals surface area contributed by atoms with Crippen molar-refractivity contribution in [2.75, 3.05) is 5.32 Å². The zero-order valence-corrected chi connectivity index (χ0v) is 12.8. The third kappa shape index (κ3) is 3.44. The Hall–Kier alpha value is -1.40. The van der Waals surface area contributed by atoms with Crippen LogP contribution in [0.15, 0.2) is 10.9 Å². The number of rotatable bonds is 4. The van der Waals surface area contributed by atoms with Gasteiger partial charge in [0.05, 0.1) is 5.69 Å². The maximum absolute atomic E-state index is 11.9. The first-order valence-electron chi connectivity index (χ1n) is 7.99. The first-order valence-corrected chi connectivity index (χ1v) is 7.99. The number of H-pyrrole nitrogens is 1. The molecule has 0 spiro atoms. The van der Waals surface area contributed by atoms with Gasteiger partial charge in [0.25, 0.3) is 5.56 Å². The molecule has 21 heavy (non-hydrogen) atoms. The van der Waals surface area contributed by atoms with Gasteiger partial charge in [-0.05, 0) is 39.0 Å². The normalized spacial score (nSPS) is 29.9. The maximum atomic E-state index is 11.9. The van der Waals surface area contributed by atoms with Gasteiger partial charge in [-0.2, -0.15) is 0 Å². The molecule has 116 valence electrons. The number of hydrogen-bond acceptors (Lipinski definition) is 5. The molecule has 0 aromatic carbocycles. The summed E-state index contributed by atoms with van der Waals surface area (Å²) in [6, 6.07) is 2.84. The zero-order chi connectivity index (χ0) is 14.8. The minimum Gasteiger partial charge on any atom is -0.353 e. The summed E-state index contributed by atoms with van der Waals surface area (Å²) in [5, 5.41) is 3.37.